The molecule has 2 bridgehead atoms. The van der Waals surface area contributed by atoms with Gasteiger partial charge in [-0.3, -0.25) is 4.98 Å². The number of piperidine rings is 1. The molecule has 18 heavy (non-hydrogen) atoms. The van der Waals surface area contributed by atoms with Crippen LogP contribution in [0.1, 0.15) is 32.6 Å². The van der Waals surface area contributed by atoms with Gasteiger partial charge < -0.3 is 10.2 Å². The highest BCUT2D eigenvalue weighted by molar-refractivity contribution is 5.44. The molecule has 2 unspecified atom stereocenters. The van der Waals surface area contributed by atoms with Gasteiger partial charge in [0, 0.05) is 19.6 Å². The summed E-state index contributed by atoms with van der Waals surface area (Å²) in [5.41, 5.74) is 0. The van der Waals surface area contributed by atoms with E-state index in [9.17, 15) is 0 Å². The Hall–Kier alpha value is -1.32. The molecule has 1 N–H and O–H groups in total. The van der Waals surface area contributed by atoms with Gasteiger partial charge in [0.15, 0.2) is 0 Å². The summed E-state index contributed by atoms with van der Waals surface area (Å²) in [5.74, 6) is 3.69. The van der Waals surface area contributed by atoms with Gasteiger partial charge in [-0.15, -0.1) is 0 Å². The molecule has 2 fully saturated rings. The van der Waals surface area contributed by atoms with Crippen molar-refractivity contribution in [3.63, 3.8) is 0 Å². The molecule has 98 valence electrons. The Morgan fingerprint density at radius 3 is 2.78 bits per heavy atom. The monoisotopic (exact) mass is 246 g/mol. The zero-order valence-electron chi connectivity index (χ0n) is 11.1. The van der Waals surface area contributed by atoms with Crippen LogP contribution in [0.3, 0.4) is 0 Å². The van der Waals surface area contributed by atoms with Crippen LogP contribution in [0.15, 0.2) is 12.4 Å². The maximum Gasteiger partial charge on any atom is 0.149 e. The van der Waals surface area contributed by atoms with Gasteiger partial charge in [0.2, 0.25) is 0 Å². The Morgan fingerprint density at radius 2 is 2.06 bits per heavy atom. The fourth-order valence-corrected chi connectivity index (χ4v) is 3.39. The predicted octanol–water partition coefficient (Wildman–Crippen LogP) is 2.53. The zero-order valence-corrected chi connectivity index (χ0v) is 11.1. The lowest BCUT2D eigenvalue weighted by Gasteiger charge is -2.41. The lowest BCUT2D eigenvalue weighted by Crippen LogP contribution is -2.43. The molecule has 1 aliphatic heterocycles. The van der Waals surface area contributed by atoms with Crippen molar-refractivity contribution >= 4 is 11.6 Å². The van der Waals surface area contributed by atoms with Crippen LogP contribution < -0.4 is 10.2 Å². The van der Waals surface area contributed by atoms with Crippen molar-refractivity contribution in [2.45, 2.75) is 32.6 Å². The molecule has 4 nitrogen and oxygen atoms in total. The van der Waals surface area contributed by atoms with E-state index >= 15 is 0 Å². The van der Waals surface area contributed by atoms with Gasteiger partial charge in [-0.2, -0.15) is 0 Å². The molecule has 0 aromatic carbocycles. The van der Waals surface area contributed by atoms with E-state index in [4.69, 9.17) is 0 Å². The summed E-state index contributed by atoms with van der Waals surface area (Å²) in [5, 5.41) is 3.24. The van der Waals surface area contributed by atoms with Crippen LogP contribution >= 0.6 is 0 Å². The molecule has 2 atom stereocenters. The number of anilines is 2. The van der Waals surface area contributed by atoms with E-state index in [2.05, 4.69) is 27.1 Å². The fourth-order valence-electron chi connectivity index (χ4n) is 3.39. The first-order chi connectivity index (χ1) is 8.85. The Balaban J connectivity index is 1.75. The lowest BCUT2D eigenvalue weighted by atomic mass is 9.78. The molecule has 1 aliphatic carbocycles. The van der Waals surface area contributed by atoms with Gasteiger partial charge in [-0.25, -0.2) is 4.98 Å². The smallest absolute Gasteiger partial charge is 0.149 e. The van der Waals surface area contributed by atoms with Crippen LogP contribution in [0.25, 0.3) is 0 Å². The standard InChI is InChI=1S/C14H22N4/c1-2-16-13-7-15-8-14(17-13)18-9-11-4-3-5-12(6-11)10-18/h7-8,11-12H,2-6,9-10H2,1H3,(H,16,17). The zero-order chi connectivity index (χ0) is 12.4. The van der Waals surface area contributed by atoms with E-state index in [1.165, 1.54) is 38.8 Å². The number of fused-ring (bicyclic) bond motifs is 2. The summed E-state index contributed by atoms with van der Waals surface area (Å²) in [4.78, 5) is 11.4. The molecule has 4 heteroatoms. The number of rotatable bonds is 3. The van der Waals surface area contributed by atoms with Gasteiger partial charge in [0.25, 0.3) is 0 Å². The van der Waals surface area contributed by atoms with Crippen LogP contribution in [-0.2, 0) is 0 Å². The summed E-state index contributed by atoms with van der Waals surface area (Å²) in [6.07, 6.45) is 9.35. The van der Waals surface area contributed by atoms with Crippen molar-refractivity contribution in [2.75, 3.05) is 29.9 Å². The minimum absolute atomic E-state index is 0.877. The van der Waals surface area contributed by atoms with Crippen LogP contribution in [0.5, 0.6) is 0 Å². The van der Waals surface area contributed by atoms with Gasteiger partial charge in [-0.05, 0) is 38.0 Å². The summed E-state index contributed by atoms with van der Waals surface area (Å²) in [6.45, 7) is 5.31. The molecule has 3 rings (SSSR count). The third-order valence-electron chi connectivity index (χ3n) is 4.15. The minimum Gasteiger partial charge on any atom is -0.369 e. The van der Waals surface area contributed by atoms with Gasteiger partial charge in [0.05, 0.1) is 12.4 Å². The highest BCUT2D eigenvalue weighted by atomic mass is 15.2. The van der Waals surface area contributed by atoms with Gasteiger partial charge >= 0.3 is 0 Å². The largest absolute Gasteiger partial charge is 0.369 e. The molecule has 1 aromatic rings. The van der Waals surface area contributed by atoms with Crippen LogP contribution in [0, 0.1) is 11.8 Å². The molecule has 2 heterocycles. The number of aromatic nitrogens is 2. The highest BCUT2D eigenvalue weighted by Gasteiger charge is 2.31. The van der Waals surface area contributed by atoms with Crippen molar-refractivity contribution in [3.05, 3.63) is 12.4 Å². The topological polar surface area (TPSA) is 41.1 Å². The van der Waals surface area contributed by atoms with Crippen molar-refractivity contribution in [3.8, 4) is 0 Å². The molecule has 0 radical (unpaired) electrons. The second kappa shape index (κ2) is 5.12. The van der Waals surface area contributed by atoms with Gasteiger partial charge in [0.1, 0.15) is 11.6 Å². The number of nitrogens with one attached hydrogen (secondary N) is 1. The third-order valence-corrected chi connectivity index (χ3v) is 4.15. The molecular formula is C14H22N4. The van der Waals surface area contributed by atoms with Crippen molar-refractivity contribution < 1.29 is 0 Å². The minimum atomic E-state index is 0.877. The van der Waals surface area contributed by atoms with Crippen LogP contribution in [0.4, 0.5) is 11.6 Å². The highest BCUT2D eigenvalue weighted by Crippen LogP contribution is 2.35. The van der Waals surface area contributed by atoms with E-state index in [1.807, 2.05) is 6.20 Å². The van der Waals surface area contributed by atoms with E-state index in [0.717, 1.165) is 30.0 Å². The third kappa shape index (κ3) is 2.42. The second-order valence-corrected chi connectivity index (χ2v) is 5.60. The summed E-state index contributed by atoms with van der Waals surface area (Å²) in [6, 6.07) is 0. The molecular weight excluding hydrogens is 224 g/mol. The fraction of sp³-hybridized carbons (Fsp3) is 0.714. The Labute approximate surface area is 109 Å². The number of nitrogens with zero attached hydrogens (tertiary/aromatic N) is 3. The SMILES string of the molecule is CCNc1cncc(N2CC3CCCC(C3)C2)n1. The van der Waals surface area contributed by atoms with Crippen molar-refractivity contribution in [1.82, 2.24) is 9.97 Å². The van der Waals surface area contributed by atoms with Crippen molar-refractivity contribution in [2.24, 2.45) is 11.8 Å². The average molecular weight is 246 g/mol. The quantitative estimate of drug-likeness (QED) is 0.890. The van der Waals surface area contributed by atoms with Gasteiger partial charge in [-0.1, -0.05) is 6.42 Å². The number of hydrogen-bond donors (Lipinski definition) is 1. The number of hydrogen-bond acceptors (Lipinski definition) is 4. The molecule has 1 saturated heterocycles. The average Bonchev–Trinajstić information content (AvgIpc) is 2.39. The lowest BCUT2D eigenvalue weighted by molar-refractivity contribution is 0.230. The maximum absolute atomic E-state index is 4.67. The van der Waals surface area contributed by atoms with E-state index < -0.39 is 0 Å². The molecule has 2 aliphatic rings. The van der Waals surface area contributed by atoms with E-state index in [1.54, 1.807) is 6.20 Å². The Morgan fingerprint density at radius 1 is 1.28 bits per heavy atom. The van der Waals surface area contributed by atoms with E-state index in [-0.39, 0.29) is 0 Å². The van der Waals surface area contributed by atoms with E-state index in [0.29, 0.717) is 0 Å². The van der Waals surface area contributed by atoms with Crippen molar-refractivity contribution in [1.29, 1.82) is 0 Å². The summed E-state index contributed by atoms with van der Waals surface area (Å²) >= 11 is 0. The first-order valence-corrected chi connectivity index (χ1v) is 7.16. The first kappa shape index (κ1) is 11.8. The first-order valence-electron chi connectivity index (χ1n) is 7.16. The van der Waals surface area contributed by atoms with Crippen LogP contribution in [-0.4, -0.2) is 29.6 Å². The normalized spacial score (nSPS) is 27.1. The molecule has 1 saturated carbocycles. The molecule has 1 aromatic heterocycles. The van der Waals surface area contributed by atoms with Crippen LogP contribution in [0.2, 0.25) is 0 Å². The Bertz CT molecular complexity index is 395. The maximum atomic E-state index is 4.67. The molecule has 0 spiro atoms. The second-order valence-electron chi connectivity index (χ2n) is 5.60. The Kier molecular flexibility index (Phi) is 3.35. The predicted molar refractivity (Wildman–Crippen MR) is 73.9 cm³/mol. The summed E-state index contributed by atoms with van der Waals surface area (Å²) < 4.78 is 0. The summed E-state index contributed by atoms with van der Waals surface area (Å²) in [7, 11) is 0. The molecule has 0 amide bonds.